The number of nitrogen functional groups attached to an aromatic ring is 1. The van der Waals surface area contributed by atoms with E-state index in [-0.39, 0.29) is 53.2 Å². The van der Waals surface area contributed by atoms with Crippen LogP contribution in [0.25, 0.3) is 17.2 Å². The zero-order valence-corrected chi connectivity index (χ0v) is 20.9. The average Bonchev–Trinajstić information content (AvgIpc) is 3.51. The number of carbonyl (C=O) groups excluding carboxylic acids is 1. The van der Waals surface area contributed by atoms with Gasteiger partial charge >= 0.3 is 11.8 Å². The van der Waals surface area contributed by atoms with Crippen LogP contribution in [0, 0.1) is 12.8 Å². The summed E-state index contributed by atoms with van der Waals surface area (Å²) in [6, 6.07) is 0. The van der Waals surface area contributed by atoms with Crippen LogP contribution >= 0.6 is 0 Å². The first-order chi connectivity index (χ1) is 18.4. The molecule has 6 rings (SSSR count). The van der Waals surface area contributed by atoms with E-state index in [9.17, 15) is 22.4 Å². The molecule has 14 heteroatoms. The molecule has 1 aliphatic carbocycles. The van der Waals surface area contributed by atoms with Crippen molar-refractivity contribution in [1.82, 2.24) is 34.3 Å². The monoisotopic (exact) mass is 541 g/mol. The van der Waals surface area contributed by atoms with E-state index in [0.717, 1.165) is 12.8 Å². The predicted molar refractivity (Wildman–Crippen MR) is 131 cm³/mol. The van der Waals surface area contributed by atoms with E-state index in [2.05, 4.69) is 35.2 Å². The van der Waals surface area contributed by atoms with Gasteiger partial charge in [0.1, 0.15) is 22.7 Å². The second-order valence-corrected chi connectivity index (χ2v) is 10.1. The summed E-state index contributed by atoms with van der Waals surface area (Å²) in [5.41, 5.74) is 7.22. The molecule has 39 heavy (non-hydrogen) atoms. The van der Waals surface area contributed by atoms with E-state index < -0.39 is 30.1 Å². The quantitative estimate of drug-likeness (QED) is 0.338. The van der Waals surface area contributed by atoms with Crippen LogP contribution in [0.1, 0.15) is 48.8 Å². The number of nitrogens with two attached hydrogens (primary N) is 1. The molecule has 1 amide bonds. The Morgan fingerprint density at radius 3 is 2.62 bits per heavy atom. The highest BCUT2D eigenvalue weighted by molar-refractivity contribution is 6.09. The summed E-state index contributed by atoms with van der Waals surface area (Å²) in [6.45, 7) is 1.96. The fourth-order valence-electron chi connectivity index (χ4n) is 5.17. The molecule has 1 saturated carbocycles. The maximum Gasteiger partial charge on any atom is 0.310 e. The molecule has 1 atom stereocenters. The first kappa shape index (κ1) is 25.1. The Morgan fingerprint density at radius 1 is 1.15 bits per heavy atom. The van der Waals surface area contributed by atoms with Crippen LogP contribution in [0.4, 0.5) is 29.2 Å². The highest BCUT2D eigenvalue weighted by Crippen LogP contribution is 2.57. The van der Waals surface area contributed by atoms with Crippen LogP contribution in [-0.2, 0) is 16.6 Å². The second-order valence-electron chi connectivity index (χ2n) is 10.1. The standard InChI is InChI=1S/C25H23F4N9O/c1-12-9-31-10-16(33-12)25(13-3-4-13)17-18(30)35-19(36-20(17)37-22(25)39)15-11-38-8-7-32-21(38)14(34-15)5-6-24(28,29)23(2,26)27/h7-11,13H,3-6H2,1-2H3,(H3,30,35,36,37,39). The number of hydrogen-bond acceptors (Lipinski definition) is 8. The number of anilines is 2. The molecule has 0 spiro atoms. The number of fused-ring (bicyclic) bond motifs is 2. The maximum atomic E-state index is 14.0. The second kappa shape index (κ2) is 8.38. The molecule has 202 valence electrons. The highest BCUT2D eigenvalue weighted by atomic mass is 19.3. The molecular formula is C25H23F4N9O. The van der Waals surface area contributed by atoms with Crippen molar-refractivity contribution in [2.75, 3.05) is 11.1 Å². The van der Waals surface area contributed by atoms with Crippen LogP contribution in [0.15, 0.2) is 31.0 Å². The van der Waals surface area contributed by atoms with Crippen LogP contribution in [0.3, 0.4) is 0 Å². The van der Waals surface area contributed by atoms with E-state index >= 15 is 0 Å². The van der Waals surface area contributed by atoms with E-state index in [4.69, 9.17) is 5.73 Å². The number of nitrogens with one attached hydrogen (secondary N) is 1. The molecule has 1 unspecified atom stereocenters. The van der Waals surface area contributed by atoms with Gasteiger partial charge in [0.15, 0.2) is 11.5 Å². The van der Waals surface area contributed by atoms with Crippen molar-refractivity contribution in [1.29, 1.82) is 0 Å². The lowest BCUT2D eigenvalue weighted by Gasteiger charge is -2.27. The van der Waals surface area contributed by atoms with E-state index in [1.165, 1.54) is 16.8 Å². The number of aromatic nitrogens is 7. The van der Waals surface area contributed by atoms with Gasteiger partial charge in [0.2, 0.25) is 5.91 Å². The van der Waals surface area contributed by atoms with Gasteiger partial charge in [-0.2, -0.15) is 8.78 Å². The Labute approximate surface area is 219 Å². The summed E-state index contributed by atoms with van der Waals surface area (Å²) in [5.74, 6) is -8.56. The predicted octanol–water partition coefficient (Wildman–Crippen LogP) is 3.74. The number of amides is 1. The third-order valence-electron chi connectivity index (χ3n) is 7.26. The van der Waals surface area contributed by atoms with Crippen molar-refractivity contribution >= 4 is 23.2 Å². The Morgan fingerprint density at radius 2 is 1.92 bits per heavy atom. The summed E-state index contributed by atoms with van der Waals surface area (Å²) in [6.07, 6.45) is 7.61. The Balaban J connectivity index is 1.44. The summed E-state index contributed by atoms with van der Waals surface area (Å²) < 4.78 is 56.4. The SMILES string of the molecule is Cc1cncc(C2(C3CC3)C(=O)Nc3nc(-c4cn5ccnc5c(CCC(F)(F)C(C)(F)F)n4)nc(N)c32)n1. The number of aryl methyl sites for hydroxylation is 2. The zero-order chi connectivity index (χ0) is 27.7. The zero-order valence-electron chi connectivity index (χ0n) is 20.9. The molecule has 5 heterocycles. The van der Waals surface area contributed by atoms with Crippen LogP contribution in [-0.4, -0.2) is 52.1 Å². The minimum Gasteiger partial charge on any atom is -0.383 e. The smallest absolute Gasteiger partial charge is 0.310 e. The number of rotatable bonds is 7. The minimum absolute atomic E-state index is 0.0258. The van der Waals surface area contributed by atoms with Gasteiger partial charge in [0.05, 0.1) is 22.6 Å². The first-order valence-electron chi connectivity index (χ1n) is 12.3. The van der Waals surface area contributed by atoms with Crippen molar-refractivity contribution in [2.45, 2.75) is 56.8 Å². The van der Waals surface area contributed by atoms with Gasteiger partial charge in [-0.05, 0) is 32.1 Å². The molecule has 0 bridgehead atoms. The third-order valence-corrected chi connectivity index (χ3v) is 7.26. The molecule has 4 aromatic heterocycles. The van der Waals surface area contributed by atoms with Crippen molar-refractivity contribution in [3.63, 3.8) is 0 Å². The van der Waals surface area contributed by atoms with Gasteiger partial charge in [-0.1, -0.05) is 0 Å². The molecule has 2 aliphatic rings. The highest BCUT2D eigenvalue weighted by Gasteiger charge is 2.60. The summed E-state index contributed by atoms with van der Waals surface area (Å²) in [4.78, 5) is 39.8. The molecule has 10 nitrogen and oxygen atoms in total. The van der Waals surface area contributed by atoms with Gasteiger partial charge < -0.3 is 15.5 Å². The molecule has 0 saturated heterocycles. The molecule has 0 radical (unpaired) electrons. The Kier molecular flexibility index (Phi) is 5.39. The number of hydrogen-bond donors (Lipinski definition) is 2. The topological polar surface area (TPSA) is 137 Å². The third kappa shape index (κ3) is 3.88. The summed E-state index contributed by atoms with van der Waals surface area (Å²) in [5, 5.41) is 2.82. The number of halogens is 4. The van der Waals surface area contributed by atoms with Gasteiger partial charge in [-0.3, -0.25) is 14.8 Å². The van der Waals surface area contributed by atoms with Crippen molar-refractivity contribution in [3.05, 3.63) is 53.6 Å². The van der Waals surface area contributed by atoms with Crippen LogP contribution < -0.4 is 11.1 Å². The first-order valence-corrected chi connectivity index (χ1v) is 12.3. The lowest BCUT2D eigenvalue weighted by Crippen LogP contribution is -2.39. The maximum absolute atomic E-state index is 14.0. The average molecular weight is 542 g/mol. The van der Waals surface area contributed by atoms with Crippen LogP contribution in [0.5, 0.6) is 0 Å². The number of alkyl halides is 4. The lowest BCUT2D eigenvalue weighted by atomic mass is 9.74. The summed E-state index contributed by atoms with van der Waals surface area (Å²) >= 11 is 0. The molecule has 3 N–H and O–H groups in total. The van der Waals surface area contributed by atoms with Crippen molar-refractivity contribution in [2.24, 2.45) is 5.92 Å². The van der Waals surface area contributed by atoms with Crippen molar-refractivity contribution < 1.29 is 22.4 Å². The minimum atomic E-state index is -4.24. The molecule has 4 aromatic rings. The molecule has 0 aromatic carbocycles. The van der Waals surface area contributed by atoms with Gasteiger partial charge in [-0.15, -0.1) is 0 Å². The van der Waals surface area contributed by atoms with Gasteiger partial charge in [-0.25, -0.2) is 28.7 Å². The number of carbonyl (C=O) groups is 1. The molecular weight excluding hydrogens is 518 g/mol. The van der Waals surface area contributed by atoms with Gasteiger partial charge in [0, 0.05) is 44.3 Å². The largest absolute Gasteiger partial charge is 0.383 e. The van der Waals surface area contributed by atoms with E-state index in [1.54, 1.807) is 25.5 Å². The Hall–Kier alpha value is -4.23. The number of imidazole rings is 1. The van der Waals surface area contributed by atoms with Gasteiger partial charge in [0.25, 0.3) is 0 Å². The van der Waals surface area contributed by atoms with E-state index in [0.29, 0.717) is 17.0 Å². The fourth-order valence-corrected chi connectivity index (χ4v) is 5.17. The molecule has 1 aliphatic heterocycles. The normalized spacial score (nSPS) is 19.4. The van der Waals surface area contributed by atoms with Crippen molar-refractivity contribution in [3.8, 4) is 11.5 Å². The van der Waals surface area contributed by atoms with E-state index in [1.807, 2.05) is 0 Å². The Bertz CT molecular complexity index is 1630. The number of nitrogens with zero attached hydrogens (tertiary/aromatic N) is 7. The fraction of sp³-hybridized carbons (Fsp3) is 0.400. The summed E-state index contributed by atoms with van der Waals surface area (Å²) in [7, 11) is 0. The molecule has 1 fully saturated rings. The lowest BCUT2D eigenvalue weighted by molar-refractivity contribution is -0.200. The van der Waals surface area contributed by atoms with Crippen LogP contribution in [0.2, 0.25) is 0 Å².